The fourth-order valence-electron chi connectivity index (χ4n) is 2.41. The molecular formula is C18H15BrN2O4. The van der Waals surface area contributed by atoms with E-state index in [2.05, 4.69) is 21.2 Å². The molecule has 2 aromatic carbocycles. The molecule has 0 radical (unpaired) electrons. The van der Waals surface area contributed by atoms with E-state index in [1.165, 1.54) is 0 Å². The molecule has 0 aliphatic rings. The average molecular weight is 403 g/mol. The zero-order valence-electron chi connectivity index (χ0n) is 13.3. The Balaban J connectivity index is 1.87. The number of hydrogen-bond donors (Lipinski definition) is 2. The molecule has 0 unspecified atom stereocenters. The molecule has 0 atom stereocenters. The van der Waals surface area contributed by atoms with Crippen molar-refractivity contribution in [3.8, 4) is 5.75 Å². The van der Waals surface area contributed by atoms with Gasteiger partial charge in [0.2, 0.25) is 11.3 Å². The van der Waals surface area contributed by atoms with Crippen LogP contribution in [0.25, 0.3) is 11.0 Å². The minimum absolute atomic E-state index is 0.195. The van der Waals surface area contributed by atoms with Crippen molar-refractivity contribution in [3.05, 3.63) is 68.3 Å². The molecule has 0 bridgehead atoms. The van der Waals surface area contributed by atoms with E-state index in [-0.39, 0.29) is 23.4 Å². The Hall–Kier alpha value is -2.80. The molecule has 25 heavy (non-hydrogen) atoms. The number of nitrogens with two attached hydrogens (primary N) is 1. The molecule has 3 rings (SSSR count). The summed E-state index contributed by atoms with van der Waals surface area (Å²) in [7, 11) is 1.58. The predicted octanol–water partition coefficient (Wildman–Crippen LogP) is 3.08. The molecule has 0 saturated carbocycles. The standard InChI is InChI=1S/C18H15BrN2O4/c1-24-12-5-2-10(3-6-12)9-21-18(23)15-16(22)13-8-11(19)4-7-14(13)25-17(15)20/h2-8H,9,20H2,1H3,(H,21,23). The fraction of sp³-hybridized carbons (Fsp3) is 0.111. The number of fused-ring (bicyclic) bond motifs is 1. The summed E-state index contributed by atoms with van der Waals surface area (Å²) in [4.78, 5) is 25.0. The van der Waals surface area contributed by atoms with Crippen molar-refractivity contribution >= 4 is 38.7 Å². The van der Waals surface area contributed by atoms with E-state index in [1.807, 2.05) is 12.1 Å². The number of amides is 1. The zero-order valence-corrected chi connectivity index (χ0v) is 14.9. The maximum atomic E-state index is 12.6. The van der Waals surface area contributed by atoms with Gasteiger partial charge in [-0.3, -0.25) is 9.59 Å². The molecule has 0 fully saturated rings. The molecule has 1 aromatic heterocycles. The number of carbonyl (C=O) groups is 1. The molecule has 0 aliphatic heterocycles. The minimum atomic E-state index is -0.580. The van der Waals surface area contributed by atoms with Gasteiger partial charge in [0.1, 0.15) is 16.9 Å². The number of halogens is 1. The van der Waals surface area contributed by atoms with Gasteiger partial charge in [0.15, 0.2) is 0 Å². The molecule has 7 heteroatoms. The lowest BCUT2D eigenvalue weighted by atomic mass is 10.1. The molecule has 1 heterocycles. The van der Waals surface area contributed by atoms with Gasteiger partial charge < -0.3 is 20.2 Å². The van der Waals surface area contributed by atoms with Crippen molar-refractivity contribution in [1.82, 2.24) is 5.32 Å². The minimum Gasteiger partial charge on any atom is -0.497 e. The normalized spacial score (nSPS) is 10.6. The molecule has 0 spiro atoms. The first-order valence-corrected chi connectivity index (χ1v) is 8.22. The van der Waals surface area contributed by atoms with Crippen LogP contribution in [0.5, 0.6) is 5.75 Å². The van der Waals surface area contributed by atoms with Crippen LogP contribution in [-0.2, 0) is 6.54 Å². The second-order valence-electron chi connectivity index (χ2n) is 5.34. The van der Waals surface area contributed by atoms with Crippen LogP contribution in [0.1, 0.15) is 15.9 Å². The number of nitrogens with one attached hydrogen (secondary N) is 1. The summed E-state index contributed by atoms with van der Waals surface area (Å²) >= 11 is 3.30. The SMILES string of the molecule is COc1ccc(CNC(=O)c2c(N)oc3ccc(Br)cc3c2=O)cc1. The second-order valence-corrected chi connectivity index (χ2v) is 6.26. The smallest absolute Gasteiger partial charge is 0.261 e. The van der Waals surface area contributed by atoms with Crippen molar-refractivity contribution in [2.45, 2.75) is 6.54 Å². The van der Waals surface area contributed by atoms with Crippen LogP contribution in [0.15, 0.2) is 56.1 Å². The highest BCUT2D eigenvalue weighted by atomic mass is 79.9. The Kier molecular flexibility index (Phi) is 4.76. The van der Waals surface area contributed by atoms with Gasteiger partial charge in [0.05, 0.1) is 12.5 Å². The molecule has 128 valence electrons. The van der Waals surface area contributed by atoms with Gasteiger partial charge in [-0.2, -0.15) is 0 Å². The number of hydrogen-bond acceptors (Lipinski definition) is 5. The van der Waals surface area contributed by atoms with Crippen LogP contribution >= 0.6 is 15.9 Å². The van der Waals surface area contributed by atoms with Gasteiger partial charge >= 0.3 is 0 Å². The molecular weight excluding hydrogens is 388 g/mol. The number of ether oxygens (including phenoxy) is 1. The number of methoxy groups -OCH3 is 1. The summed E-state index contributed by atoms with van der Waals surface area (Å²) in [5, 5.41) is 2.97. The molecule has 0 saturated heterocycles. The topological polar surface area (TPSA) is 94.6 Å². The van der Waals surface area contributed by atoms with Crippen LogP contribution in [0.4, 0.5) is 5.88 Å². The zero-order chi connectivity index (χ0) is 18.0. The van der Waals surface area contributed by atoms with Crippen LogP contribution in [0.3, 0.4) is 0 Å². The van der Waals surface area contributed by atoms with Gasteiger partial charge in [-0.15, -0.1) is 0 Å². The Morgan fingerprint density at radius 2 is 1.96 bits per heavy atom. The highest BCUT2D eigenvalue weighted by molar-refractivity contribution is 9.10. The van der Waals surface area contributed by atoms with E-state index < -0.39 is 11.3 Å². The Bertz CT molecular complexity index is 996. The summed E-state index contributed by atoms with van der Waals surface area (Å²) in [6, 6.07) is 12.2. The van der Waals surface area contributed by atoms with E-state index in [4.69, 9.17) is 14.9 Å². The maximum absolute atomic E-state index is 12.6. The van der Waals surface area contributed by atoms with E-state index >= 15 is 0 Å². The lowest BCUT2D eigenvalue weighted by Crippen LogP contribution is -2.29. The van der Waals surface area contributed by atoms with Gasteiger partial charge in [-0.1, -0.05) is 28.1 Å². The Labute approximate surface area is 151 Å². The Morgan fingerprint density at radius 1 is 1.24 bits per heavy atom. The van der Waals surface area contributed by atoms with Crippen LogP contribution < -0.4 is 21.2 Å². The first-order chi connectivity index (χ1) is 12.0. The van der Waals surface area contributed by atoms with Crippen molar-refractivity contribution in [1.29, 1.82) is 0 Å². The summed E-state index contributed by atoms with van der Waals surface area (Å²) < 4.78 is 11.2. The number of rotatable bonds is 4. The third kappa shape index (κ3) is 3.51. The van der Waals surface area contributed by atoms with E-state index in [0.717, 1.165) is 11.3 Å². The van der Waals surface area contributed by atoms with Gasteiger partial charge in [-0.05, 0) is 35.9 Å². The largest absolute Gasteiger partial charge is 0.497 e. The second kappa shape index (κ2) is 6.98. The average Bonchev–Trinajstić information content (AvgIpc) is 2.61. The van der Waals surface area contributed by atoms with Crippen molar-refractivity contribution in [2.75, 3.05) is 12.8 Å². The van der Waals surface area contributed by atoms with E-state index in [9.17, 15) is 9.59 Å². The van der Waals surface area contributed by atoms with Crippen LogP contribution in [0.2, 0.25) is 0 Å². The predicted molar refractivity (Wildman–Crippen MR) is 98.8 cm³/mol. The lowest BCUT2D eigenvalue weighted by molar-refractivity contribution is 0.0949. The first-order valence-electron chi connectivity index (χ1n) is 7.42. The lowest BCUT2D eigenvalue weighted by Gasteiger charge is -2.08. The molecule has 3 aromatic rings. The highest BCUT2D eigenvalue weighted by Gasteiger charge is 2.19. The summed E-state index contributed by atoms with van der Waals surface area (Å²) in [6.07, 6.45) is 0. The Morgan fingerprint density at radius 3 is 2.64 bits per heavy atom. The quantitative estimate of drug-likeness (QED) is 0.698. The maximum Gasteiger partial charge on any atom is 0.261 e. The monoisotopic (exact) mass is 402 g/mol. The van der Waals surface area contributed by atoms with Crippen molar-refractivity contribution < 1.29 is 13.9 Å². The van der Waals surface area contributed by atoms with Crippen LogP contribution in [0, 0.1) is 0 Å². The van der Waals surface area contributed by atoms with Crippen molar-refractivity contribution in [3.63, 3.8) is 0 Å². The van der Waals surface area contributed by atoms with Crippen LogP contribution in [-0.4, -0.2) is 13.0 Å². The number of carbonyl (C=O) groups excluding carboxylic acids is 1. The van der Waals surface area contributed by atoms with E-state index in [0.29, 0.717) is 10.1 Å². The van der Waals surface area contributed by atoms with Gasteiger partial charge in [0, 0.05) is 11.0 Å². The molecule has 6 nitrogen and oxygen atoms in total. The summed E-state index contributed by atoms with van der Waals surface area (Å²) in [5.41, 5.74) is 6.31. The third-order valence-electron chi connectivity index (χ3n) is 3.72. The van der Waals surface area contributed by atoms with Gasteiger partial charge in [0.25, 0.3) is 5.91 Å². The fourth-order valence-corrected chi connectivity index (χ4v) is 2.77. The molecule has 0 aliphatic carbocycles. The third-order valence-corrected chi connectivity index (χ3v) is 4.21. The number of benzene rings is 2. The van der Waals surface area contributed by atoms with Gasteiger partial charge in [-0.25, -0.2) is 0 Å². The summed E-state index contributed by atoms with van der Waals surface area (Å²) in [6.45, 7) is 0.248. The number of nitrogen functional groups attached to an aromatic ring is 1. The number of anilines is 1. The molecule has 3 N–H and O–H groups in total. The summed E-state index contributed by atoms with van der Waals surface area (Å²) in [5.74, 6) is -0.0592. The highest BCUT2D eigenvalue weighted by Crippen LogP contribution is 2.21. The first kappa shape index (κ1) is 17.0. The van der Waals surface area contributed by atoms with Crippen molar-refractivity contribution in [2.24, 2.45) is 0 Å². The molecule has 1 amide bonds. The van der Waals surface area contributed by atoms with E-state index in [1.54, 1.807) is 37.4 Å².